The Morgan fingerprint density at radius 1 is 1.00 bits per heavy atom. The van der Waals surface area contributed by atoms with Crippen LogP contribution in [-0.2, 0) is 24.8 Å². The molecule has 0 saturated heterocycles. The summed E-state index contributed by atoms with van der Waals surface area (Å²) in [4.78, 5) is 12.4. The normalized spacial score (nSPS) is 31.0. The van der Waals surface area contributed by atoms with Gasteiger partial charge in [0.15, 0.2) is 9.84 Å². The van der Waals surface area contributed by atoms with Gasteiger partial charge in [-0.2, -0.15) is 0 Å². The van der Waals surface area contributed by atoms with Crippen molar-refractivity contribution in [2.75, 3.05) is 13.4 Å². The molecule has 1 aromatic rings. The van der Waals surface area contributed by atoms with E-state index in [-0.39, 0.29) is 16.8 Å². The van der Waals surface area contributed by atoms with Crippen LogP contribution in [0.15, 0.2) is 29.2 Å². The summed E-state index contributed by atoms with van der Waals surface area (Å²) in [7, 11) is -1.68. The van der Waals surface area contributed by atoms with E-state index in [0.717, 1.165) is 38.5 Å². The number of carbonyl (C=O) groups is 1. The van der Waals surface area contributed by atoms with Crippen molar-refractivity contribution in [2.24, 2.45) is 5.41 Å². The fourth-order valence-corrected chi connectivity index (χ4v) is 4.83. The zero-order valence-corrected chi connectivity index (χ0v) is 13.9. The third-order valence-corrected chi connectivity index (χ3v) is 6.89. The van der Waals surface area contributed by atoms with Crippen molar-refractivity contribution in [1.29, 1.82) is 0 Å². The van der Waals surface area contributed by atoms with Gasteiger partial charge in [0.1, 0.15) is 0 Å². The van der Waals surface area contributed by atoms with Gasteiger partial charge in [-0.1, -0.05) is 12.1 Å². The smallest absolute Gasteiger partial charge is 0.311 e. The Morgan fingerprint density at radius 2 is 1.50 bits per heavy atom. The van der Waals surface area contributed by atoms with Crippen molar-refractivity contribution in [1.82, 2.24) is 0 Å². The summed E-state index contributed by atoms with van der Waals surface area (Å²) < 4.78 is 28.1. The van der Waals surface area contributed by atoms with E-state index in [4.69, 9.17) is 4.74 Å². The lowest BCUT2D eigenvalue weighted by atomic mass is 9.52. The molecule has 2 bridgehead atoms. The molecule has 0 aliphatic heterocycles. The quantitative estimate of drug-likeness (QED) is 0.803. The Balaban J connectivity index is 1.85. The lowest BCUT2D eigenvalue weighted by Crippen LogP contribution is -2.48. The highest BCUT2D eigenvalue weighted by Crippen LogP contribution is 2.58. The molecule has 1 aromatic carbocycles. The topological polar surface area (TPSA) is 60.4 Å². The summed E-state index contributed by atoms with van der Waals surface area (Å²) in [5.41, 5.74) is 1.03. The zero-order chi connectivity index (χ0) is 16.0. The molecular formula is C17H22O4S. The average molecular weight is 322 g/mol. The van der Waals surface area contributed by atoms with Crippen molar-refractivity contribution in [3.8, 4) is 0 Å². The van der Waals surface area contributed by atoms with E-state index < -0.39 is 9.84 Å². The lowest BCUT2D eigenvalue weighted by molar-refractivity contribution is -0.160. The second-order valence-corrected chi connectivity index (χ2v) is 8.86. The summed E-state index contributed by atoms with van der Waals surface area (Å²) in [6.45, 7) is 0. The predicted octanol–water partition coefficient (Wildman–Crippen LogP) is 2.86. The molecule has 0 amide bonds. The molecule has 4 rings (SSSR count). The number of hydrogen-bond acceptors (Lipinski definition) is 4. The van der Waals surface area contributed by atoms with E-state index in [1.54, 1.807) is 12.1 Å². The molecule has 0 spiro atoms. The average Bonchev–Trinajstić information content (AvgIpc) is 2.55. The summed E-state index contributed by atoms with van der Waals surface area (Å²) in [5.74, 6) is -0.0618. The molecule has 4 nitrogen and oxygen atoms in total. The Kier molecular flexibility index (Phi) is 3.59. The number of ether oxygens (including phenoxy) is 1. The largest absolute Gasteiger partial charge is 0.469 e. The van der Waals surface area contributed by atoms with E-state index in [0.29, 0.717) is 4.90 Å². The van der Waals surface area contributed by atoms with Crippen LogP contribution < -0.4 is 0 Å². The van der Waals surface area contributed by atoms with Crippen molar-refractivity contribution in [2.45, 2.75) is 48.8 Å². The molecule has 3 aliphatic rings. The van der Waals surface area contributed by atoms with Crippen LogP contribution in [0.25, 0.3) is 0 Å². The molecule has 3 saturated carbocycles. The number of rotatable bonds is 3. The zero-order valence-electron chi connectivity index (χ0n) is 13.1. The molecule has 3 fully saturated rings. The second kappa shape index (κ2) is 5.08. The van der Waals surface area contributed by atoms with Crippen LogP contribution in [0, 0.1) is 5.41 Å². The first-order chi connectivity index (χ1) is 10.3. The molecule has 120 valence electrons. The van der Waals surface area contributed by atoms with Crippen LogP contribution in [0.4, 0.5) is 0 Å². The second-order valence-electron chi connectivity index (χ2n) is 6.85. The fourth-order valence-electron chi connectivity index (χ4n) is 4.20. The minimum absolute atomic E-state index is 0.0618. The minimum Gasteiger partial charge on any atom is -0.469 e. The Bertz CT molecular complexity index is 663. The summed E-state index contributed by atoms with van der Waals surface area (Å²) in [6, 6.07) is 7.31. The van der Waals surface area contributed by atoms with Crippen LogP contribution in [0.5, 0.6) is 0 Å². The number of sulfone groups is 1. The first kappa shape index (κ1) is 15.5. The third kappa shape index (κ3) is 2.35. The Labute approximate surface area is 131 Å². The molecule has 5 heteroatoms. The van der Waals surface area contributed by atoms with Gasteiger partial charge in [-0.15, -0.1) is 0 Å². The first-order valence-electron chi connectivity index (χ1n) is 7.70. The van der Waals surface area contributed by atoms with Gasteiger partial charge >= 0.3 is 5.97 Å². The van der Waals surface area contributed by atoms with Crippen LogP contribution in [0.2, 0.25) is 0 Å². The summed E-state index contributed by atoms with van der Waals surface area (Å²) >= 11 is 0. The Hall–Kier alpha value is -1.36. The van der Waals surface area contributed by atoms with Crippen molar-refractivity contribution in [3.63, 3.8) is 0 Å². The molecule has 0 aromatic heterocycles. The minimum atomic E-state index is -3.15. The highest BCUT2D eigenvalue weighted by molar-refractivity contribution is 7.90. The van der Waals surface area contributed by atoms with Crippen LogP contribution in [0.1, 0.15) is 44.1 Å². The number of benzene rings is 1. The van der Waals surface area contributed by atoms with Crippen LogP contribution in [-0.4, -0.2) is 27.8 Å². The maximum atomic E-state index is 12.1. The SMILES string of the molecule is COC(=O)C12CCC(c3ccc(S(C)(=O)=O)cc3)(CC1)CC2. The van der Waals surface area contributed by atoms with Gasteiger partial charge in [0.25, 0.3) is 0 Å². The Morgan fingerprint density at radius 3 is 1.91 bits per heavy atom. The van der Waals surface area contributed by atoms with Gasteiger partial charge in [0.05, 0.1) is 17.4 Å². The van der Waals surface area contributed by atoms with Gasteiger partial charge in [0.2, 0.25) is 0 Å². The summed E-state index contributed by atoms with van der Waals surface area (Å²) in [6.07, 6.45) is 6.75. The van der Waals surface area contributed by atoms with Crippen molar-refractivity contribution in [3.05, 3.63) is 29.8 Å². The highest BCUT2D eigenvalue weighted by atomic mass is 32.2. The molecule has 3 aliphatic carbocycles. The molecule has 22 heavy (non-hydrogen) atoms. The highest BCUT2D eigenvalue weighted by Gasteiger charge is 2.53. The molecule has 0 heterocycles. The first-order valence-corrected chi connectivity index (χ1v) is 9.60. The molecule has 0 radical (unpaired) electrons. The molecule has 0 unspecified atom stereocenters. The molecule has 0 atom stereocenters. The standard InChI is InChI=1S/C17H22O4S/c1-21-15(18)17-10-7-16(8-11-17,9-12-17)13-3-5-14(6-4-13)22(2,19)20/h3-6H,7-12H2,1-2H3. The van der Waals surface area contributed by atoms with Crippen molar-refractivity contribution >= 4 is 15.8 Å². The van der Waals surface area contributed by atoms with Crippen molar-refractivity contribution < 1.29 is 17.9 Å². The number of esters is 1. The molecular weight excluding hydrogens is 300 g/mol. The maximum absolute atomic E-state index is 12.1. The van der Waals surface area contributed by atoms with E-state index in [2.05, 4.69) is 0 Å². The number of fused-ring (bicyclic) bond motifs is 3. The predicted molar refractivity (Wildman–Crippen MR) is 83.4 cm³/mol. The number of carbonyl (C=O) groups excluding carboxylic acids is 1. The maximum Gasteiger partial charge on any atom is 0.311 e. The van der Waals surface area contributed by atoms with Gasteiger partial charge in [-0.3, -0.25) is 4.79 Å². The van der Waals surface area contributed by atoms with E-state index in [1.807, 2.05) is 12.1 Å². The van der Waals surface area contributed by atoms with Gasteiger partial charge in [-0.05, 0) is 61.6 Å². The van der Waals surface area contributed by atoms with E-state index in [9.17, 15) is 13.2 Å². The van der Waals surface area contributed by atoms with E-state index in [1.165, 1.54) is 18.9 Å². The van der Waals surface area contributed by atoms with Gasteiger partial charge in [0, 0.05) is 6.26 Å². The monoisotopic (exact) mass is 322 g/mol. The lowest BCUT2D eigenvalue weighted by Gasteiger charge is -2.52. The third-order valence-electron chi connectivity index (χ3n) is 5.76. The fraction of sp³-hybridized carbons (Fsp3) is 0.588. The van der Waals surface area contributed by atoms with Gasteiger partial charge in [-0.25, -0.2) is 8.42 Å². The summed E-state index contributed by atoms with van der Waals surface area (Å²) in [5, 5.41) is 0. The van der Waals surface area contributed by atoms with Crippen LogP contribution in [0.3, 0.4) is 0 Å². The number of methoxy groups -OCH3 is 1. The van der Waals surface area contributed by atoms with Gasteiger partial charge < -0.3 is 4.74 Å². The molecule has 0 N–H and O–H groups in total. The van der Waals surface area contributed by atoms with E-state index >= 15 is 0 Å². The number of hydrogen-bond donors (Lipinski definition) is 0. The van der Waals surface area contributed by atoms with Crippen LogP contribution >= 0.6 is 0 Å².